The van der Waals surface area contributed by atoms with E-state index in [1.807, 2.05) is 6.92 Å². The molecule has 0 saturated heterocycles. The Morgan fingerprint density at radius 3 is 2.49 bits per heavy atom. The number of aryl methyl sites for hydroxylation is 1. The third kappa shape index (κ3) is 6.41. The maximum atomic E-state index is 12.5. The van der Waals surface area contributed by atoms with Gasteiger partial charge in [-0.1, -0.05) is 26.8 Å². The van der Waals surface area contributed by atoms with E-state index >= 15 is 0 Å². The zero-order valence-electron chi connectivity index (χ0n) is 20.5. The molecule has 11 nitrogen and oxygen atoms in total. The Labute approximate surface area is 206 Å². The first-order valence-electron chi connectivity index (χ1n) is 10.9. The van der Waals surface area contributed by atoms with Crippen molar-refractivity contribution in [3.8, 4) is 5.75 Å². The first-order valence-corrected chi connectivity index (χ1v) is 13.8. The highest BCUT2D eigenvalue weighted by Crippen LogP contribution is 2.34. The molecule has 2 aromatic rings. The van der Waals surface area contributed by atoms with Crippen molar-refractivity contribution in [1.82, 2.24) is 9.03 Å². The van der Waals surface area contributed by atoms with Crippen LogP contribution in [0.15, 0.2) is 49.0 Å². The van der Waals surface area contributed by atoms with Gasteiger partial charge in [-0.3, -0.25) is 4.99 Å². The van der Waals surface area contributed by atoms with Gasteiger partial charge in [0.25, 0.3) is 0 Å². The Morgan fingerprint density at radius 1 is 1.23 bits per heavy atom. The lowest BCUT2D eigenvalue weighted by molar-refractivity contribution is 0.333. The van der Waals surface area contributed by atoms with Crippen LogP contribution >= 0.6 is 0 Å². The quantitative estimate of drug-likeness (QED) is 0.469. The molecule has 1 atom stereocenters. The third-order valence-corrected chi connectivity index (χ3v) is 7.94. The van der Waals surface area contributed by atoms with Gasteiger partial charge in [-0.05, 0) is 49.4 Å². The normalized spacial score (nSPS) is 17.9. The van der Waals surface area contributed by atoms with Gasteiger partial charge in [-0.15, -0.1) is 4.40 Å². The topological polar surface area (TPSA) is 154 Å². The van der Waals surface area contributed by atoms with Gasteiger partial charge in [0.15, 0.2) is 17.4 Å². The van der Waals surface area contributed by atoms with Crippen molar-refractivity contribution in [2.75, 3.05) is 19.4 Å². The van der Waals surface area contributed by atoms with Crippen molar-refractivity contribution in [3.05, 3.63) is 41.9 Å². The fourth-order valence-corrected chi connectivity index (χ4v) is 5.12. The van der Waals surface area contributed by atoms with Crippen LogP contribution in [-0.4, -0.2) is 52.0 Å². The van der Waals surface area contributed by atoms with Gasteiger partial charge in [-0.2, -0.15) is 8.42 Å². The van der Waals surface area contributed by atoms with Crippen LogP contribution in [0, 0.1) is 12.3 Å². The van der Waals surface area contributed by atoms with Crippen molar-refractivity contribution < 1.29 is 26.4 Å². The Balaban J connectivity index is 2.00. The number of nitrogens with one attached hydrogen (secondary N) is 2. The van der Waals surface area contributed by atoms with E-state index in [0.717, 1.165) is 10.7 Å². The molecule has 1 aromatic heterocycles. The van der Waals surface area contributed by atoms with Crippen molar-refractivity contribution in [3.63, 3.8) is 0 Å². The minimum absolute atomic E-state index is 0.00852. The maximum Gasteiger partial charge on any atom is 0.345 e. The average molecular weight is 526 g/mol. The molecule has 0 radical (unpaired) electrons. The summed E-state index contributed by atoms with van der Waals surface area (Å²) in [5.74, 6) is 0.455. The van der Waals surface area contributed by atoms with Gasteiger partial charge < -0.3 is 14.8 Å². The summed E-state index contributed by atoms with van der Waals surface area (Å²) in [4.78, 5) is 4.26. The molecule has 1 aliphatic rings. The van der Waals surface area contributed by atoms with E-state index in [1.54, 1.807) is 12.1 Å². The molecule has 0 unspecified atom stereocenters. The van der Waals surface area contributed by atoms with Gasteiger partial charge in [0.1, 0.15) is 22.5 Å². The number of hydrogen-bond donors (Lipinski definition) is 3. The fourth-order valence-electron chi connectivity index (χ4n) is 3.31. The second-order valence-corrected chi connectivity index (χ2v) is 13.1. The zero-order chi connectivity index (χ0) is 26.2. The number of aliphatic imine (C=N–C) groups is 1. The standard InChI is InChI=1S/C22H31N5O6S2/c1-14-10-11-17(33-14)15(12-13-22(2,3)4)23-20-21(26-35(31,32)25-20)24-16-8-7-9-18(19(16)28)34(29,30)27(5)6/h7-11,15,28H,12-13H2,1-6H3,(H,23,25)(H,24,26)/t15-/m1/s1. The monoisotopic (exact) mass is 525 g/mol. The van der Waals surface area contributed by atoms with Crippen molar-refractivity contribution in [2.45, 2.75) is 51.5 Å². The highest BCUT2D eigenvalue weighted by Gasteiger charge is 2.31. The van der Waals surface area contributed by atoms with E-state index < -0.39 is 32.0 Å². The minimum Gasteiger partial charge on any atom is -0.504 e. The minimum atomic E-state index is -4.09. The van der Waals surface area contributed by atoms with Crippen LogP contribution in [0.25, 0.3) is 0 Å². The first-order chi connectivity index (χ1) is 16.1. The summed E-state index contributed by atoms with van der Waals surface area (Å²) in [5, 5.41) is 13.4. The lowest BCUT2D eigenvalue weighted by atomic mass is 9.88. The molecule has 2 heterocycles. The van der Waals surface area contributed by atoms with E-state index in [1.165, 1.54) is 32.3 Å². The number of benzene rings is 1. The second-order valence-electron chi connectivity index (χ2n) is 9.62. The van der Waals surface area contributed by atoms with Gasteiger partial charge in [-0.25, -0.2) is 17.4 Å². The van der Waals surface area contributed by atoms with Crippen molar-refractivity contribution in [2.24, 2.45) is 14.8 Å². The van der Waals surface area contributed by atoms with Crippen LogP contribution in [0.4, 0.5) is 5.69 Å². The molecule has 0 amide bonds. The van der Waals surface area contributed by atoms with Crippen LogP contribution in [0.3, 0.4) is 0 Å². The molecule has 0 spiro atoms. The molecular weight excluding hydrogens is 494 g/mol. The number of para-hydroxylation sites is 1. The molecular formula is C22H31N5O6S2. The summed E-state index contributed by atoms with van der Waals surface area (Å²) in [6, 6.07) is 7.17. The summed E-state index contributed by atoms with van der Waals surface area (Å²) in [6.45, 7) is 8.08. The molecule has 3 rings (SSSR count). The van der Waals surface area contributed by atoms with E-state index in [4.69, 9.17) is 4.42 Å². The zero-order valence-corrected chi connectivity index (χ0v) is 22.2. The smallest absolute Gasteiger partial charge is 0.345 e. The molecule has 1 aliphatic heterocycles. The third-order valence-electron chi connectivity index (χ3n) is 5.21. The van der Waals surface area contributed by atoms with Crippen LogP contribution in [0.5, 0.6) is 5.75 Å². The van der Waals surface area contributed by atoms with Gasteiger partial charge >= 0.3 is 10.2 Å². The van der Waals surface area contributed by atoms with Crippen molar-refractivity contribution in [1.29, 1.82) is 0 Å². The number of rotatable bonds is 7. The van der Waals surface area contributed by atoms with E-state index in [2.05, 4.69) is 40.2 Å². The second kappa shape index (κ2) is 9.63. The highest BCUT2D eigenvalue weighted by molar-refractivity contribution is 7.89. The van der Waals surface area contributed by atoms with Gasteiger partial charge in [0.2, 0.25) is 10.0 Å². The largest absolute Gasteiger partial charge is 0.504 e. The summed E-state index contributed by atoms with van der Waals surface area (Å²) < 4.78 is 62.3. The number of amidine groups is 2. The van der Waals surface area contributed by atoms with Crippen LogP contribution < -0.4 is 10.0 Å². The Morgan fingerprint density at radius 2 is 1.91 bits per heavy atom. The fraction of sp³-hybridized carbons (Fsp3) is 0.455. The van der Waals surface area contributed by atoms with E-state index in [0.29, 0.717) is 17.9 Å². The SMILES string of the molecule is Cc1ccc([C@@H](CCC(C)(C)C)N=C2NS(=O)(=O)N=C2Nc2cccc(S(=O)(=O)N(C)C)c2O)o1. The molecule has 0 fully saturated rings. The Hall–Kier alpha value is -2.90. The number of hydrogen-bond acceptors (Lipinski definition) is 8. The summed E-state index contributed by atoms with van der Waals surface area (Å²) in [6.07, 6.45) is 1.36. The molecule has 3 N–H and O–H groups in total. The Kier molecular flexibility index (Phi) is 7.34. The van der Waals surface area contributed by atoms with Crippen LogP contribution in [0.2, 0.25) is 0 Å². The first kappa shape index (κ1) is 26.7. The van der Waals surface area contributed by atoms with Crippen LogP contribution in [0.1, 0.15) is 51.2 Å². The van der Waals surface area contributed by atoms with E-state index in [-0.39, 0.29) is 27.7 Å². The number of nitrogens with zero attached hydrogens (tertiary/aromatic N) is 3. The number of phenols is 1. The average Bonchev–Trinajstić information content (AvgIpc) is 3.27. The predicted molar refractivity (Wildman–Crippen MR) is 134 cm³/mol. The van der Waals surface area contributed by atoms with E-state index in [9.17, 15) is 21.9 Å². The molecule has 0 saturated carbocycles. The van der Waals surface area contributed by atoms with Crippen LogP contribution in [-0.2, 0) is 20.2 Å². The number of sulfonamides is 1. The molecule has 13 heteroatoms. The summed E-state index contributed by atoms with van der Waals surface area (Å²) >= 11 is 0. The number of aromatic hydroxyl groups is 1. The highest BCUT2D eigenvalue weighted by atomic mass is 32.2. The lowest BCUT2D eigenvalue weighted by Gasteiger charge is -2.20. The van der Waals surface area contributed by atoms with Gasteiger partial charge in [0, 0.05) is 14.1 Å². The molecule has 1 aromatic carbocycles. The molecule has 35 heavy (non-hydrogen) atoms. The number of phenolic OH excluding ortho intramolecular Hbond substituents is 1. The Bertz CT molecular complexity index is 1370. The van der Waals surface area contributed by atoms with Gasteiger partial charge in [0.05, 0.1) is 5.69 Å². The van der Waals surface area contributed by atoms with Crippen molar-refractivity contribution >= 4 is 37.6 Å². The maximum absolute atomic E-state index is 12.5. The molecule has 0 aliphatic carbocycles. The molecule has 192 valence electrons. The summed E-state index contributed by atoms with van der Waals surface area (Å²) in [7, 11) is -5.36. The number of anilines is 1. The predicted octanol–water partition coefficient (Wildman–Crippen LogP) is 3.17. The summed E-state index contributed by atoms with van der Waals surface area (Å²) in [5.41, 5.74) is -0.0347. The molecule has 0 bridgehead atoms. The lowest BCUT2D eigenvalue weighted by Crippen LogP contribution is -2.31. The number of furan rings is 1.